The Bertz CT molecular complexity index is 954. The predicted octanol–water partition coefficient (Wildman–Crippen LogP) is 2.40. The molecular weight excluding hydrogens is 360 g/mol. The van der Waals surface area contributed by atoms with Gasteiger partial charge in [0.15, 0.2) is 0 Å². The number of primary sulfonamides is 1. The smallest absolute Gasteiger partial charge is 0.255 e. The maximum atomic E-state index is 12.0. The van der Waals surface area contributed by atoms with Crippen LogP contribution in [0.1, 0.15) is 5.56 Å². The van der Waals surface area contributed by atoms with Gasteiger partial charge in [-0.25, -0.2) is 22.0 Å². The van der Waals surface area contributed by atoms with Gasteiger partial charge in [0, 0.05) is 5.02 Å². The Kier molecular flexibility index (Phi) is 5.10. The van der Waals surface area contributed by atoms with Crippen molar-refractivity contribution in [2.45, 2.75) is 4.90 Å². The van der Waals surface area contributed by atoms with Gasteiger partial charge in [0.05, 0.1) is 16.0 Å². The van der Waals surface area contributed by atoms with Gasteiger partial charge in [-0.3, -0.25) is 4.72 Å². The van der Waals surface area contributed by atoms with Crippen molar-refractivity contribution >= 4 is 43.4 Å². The molecule has 122 valence electrons. The zero-order valence-electron chi connectivity index (χ0n) is 11.7. The fraction of sp³-hybridized carbons (Fsp3) is 0. The summed E-state index contributed by atoms with van der Waals surface area (Å²) < 4.78 is 48.8. The first-order chi connectivity index (χ1) is 10.7. The van der Waals surface area contributed by atoms with E-state index in [9.17, 15) is 16.8 Å². The minimum atomic E-state index is -3.91. The quantitative estimate of drug-likeness (QED) is 0.840. The van der Waals surface area contributed by atoms with Crippen LogP contribution in [0.4, 0.5) is 5.69 Å². The normalized spacial score (nSPS) is 12.4. The summed E-state index contributed by atoms with van der Waals surface area (Å²) in [6.07, 6.45) is 1.34. The second-order valence-electron chi connectivity index (χ2n) is 4.54. The highest BCUT2D eigenvalue weighted by molar-refractivity contribution is 7.95. The third kappa shape index (κ3) is 5.07. The summed E-state index contributed by atoms with van der Waals surface area (Å²) in [5, 5.41) is 6.36. The molecule has 0 radical (unpaired) electrons. The molecule has 9 heteroatoms. The minimum absolute atomic E-state index is 0.0836. The molecule has 0 aliphatic rings. The van der Waals surface area contributed by atoms with E-state index in [4.69, 9.17) is 16.7 Å². The number of nitrogens with one attached hydrogen (secondary N) is 1. The first kappa shape index (κ1) is 17.5. The summed E-state index contributed by atoms with van der Waals surface area (Å²) >= 11 is 5.94. The lowest BCUT2D eigenvalue weighted by Crippen LogP contribution is -2.13. The Labute approximate surface area is 139 Å². The van der Waals surface area contributed by atoms with Crippen molar-refractivity contribution in [1.29, 1.82) is 0 Å². The number of benzene rings is 2. The molecule has 0 unspecified atom stereocenters. The zero-order chi connectivity index (χ0) is 17.1. The van der Waals surface area contributed by atoms with Crippen molar-refractivity contribution < 1.29 is 16.8 Å². The summed E-state index contributed by atoms with van der Waals surface area (Å²) in [5.41, 5.74) is 0.623. The SMILES string of the molecule is NS(=O)(=O)c1cccc(NS(=O)(=O)C=Cc2ccccc2Cl)c1. The molecule has 0 fully saturated rings. The monoisotopic (exact) mass is 372 g/mol. The summed E-state index contributed by atoms with van der Waals surface area (Å²) in [4.78, 5) is -0.187. The van der Waals surface area contributed by atoms with Gasteiger partial charge in [0.2, 0.25) is 10.0 Å². The molecule has 6 nitrogen and oxygen atoms in total. The number of hydrogen-bond donors (Lipinski definition) is 2. The fourth-order valence-corrected chi connectivity index (χ4v) is 3.32. The van der Waals surface area contributed by atoms with E-state index in [1.54, 1.807) is 24.3 Å². The van der Waals surface area contributed by atoms with E-state index in [0.717, 1.165) is 11.5 Å². The van der Waals surface area contributed by atoms with E-state index in [1.165, 1.54) is 24.3 Å². The molecular formula is C14H13ClN2O4S2. The van der Waals surface area contributed by atoms with Crippen LogP contribution in [0.15, 0.2) is 58.8 Å². The average molecular weight is 373 g/mol. The van der Waals surface area contributed by atoms with Crippen LogP contribution in [-0.4, -0.2) is 16.8 Å². The molecule has 0 bridgehead atoms. The number of halogens is 1. The molecule has 0 aliphatic carbocycles. The molecule has 0 heterocycles. The Balaban J connectivity index is 2.24. The van der Waals surface area contributed by atoms with Gasteiger partial charge in [-0.1, -0.05) is 35.9 Å². The van der Waals surface area contributed by atoms with Crippen LogP contribution in [0, 0.1) is 0 Å². The Morgan fingerprint density at radius 2 is 1.70 bits per heavy atom. The van der Waals surface area contributed by atoms with Crippen molar-refractivity contribution in [3.8, 4) is 0 Å². The molecule has 2 aromatic rings. The Morgan fingerprint density at radius 3 is 2.35 bits per heavy atom. The van der Waals surface area contributed by atoms with Gasteiger partial charge in [0.1, 0.15) is 0 Å². The third-order valence-corrected chi connectivity index (χ3v) is 5.02. The molecule has 23 heavy (non-hydrogen) atoms. The molecule has 3 N–H and O–H groups in total. The number of rotatable bonds is 5. The van der Waals surface area contributed by atoms with Gasteiger partial charge in [-0.2, -0.15) is 0 Å². The van der Waals surface area contributed by atoms with Crippen LogP contribution in [0.5, 0.6) is 0 Å². The first-order valence-corrected chi connectivity index (χ1v) is 9.73. The topological polar surface area (TPSA) is 106 Å². The zero-order valence-corrected chi connectivity index (χ0v) is 14.1. The van der Waals surface area contributed by atoms with Gasteiger partial charge in [-0.15, -0.1) is 0 Å². The van der Waals surface area contributed by atoms with E-state index in [0.29, 0.717) is 10.6 Å². The highest BCUT2D eigenvalue weighted by Crippen LogP contribution is 2.19. The molecule has 0 spiro atoms. The van der Waals surface area contributed by atoms with Crippen LogP contribution >= 0.6 is 11.6 Å². The Morgan fingerprint density at radius 1 is 1.00 bits per heavy atom. The molecule has 0 atom stereocenters. The van der Waals surface area contributed by atoms with E-state index in [-0.39, 0.29) is 10.6 Å². The number of sulfonamides is 2. The maximum absolute atomic E-state index is 12.0. The van der Waals surface area contributed by atoms with Crippen molar-refractivity contribution in [2.75, 3.05) is 4.72 Å². The van der Waals surface area contributed by atoms with Crippen molar-refractivity contribution in [3.63, 3.8) is 0 Å². The Hall–Kier alpha value is -1.87. The molecule has 0 saturated carbocycles. The number of anilines is 1. The standard InChI is InChI=1S/C14H13ClN2O4S2/c15-14-7-2-1-4-11(14)8-9-22(18,19)17-12-5-3-6-13(10-12)23(16,20)21/h1-10,17H,(H2,16,20,21). The van der Waals surface area contributed by atoms with Gasteiger partial charge >= 0.3 is 0 Å². The van der Waals surface area contributed by atoms with Gasteiger partial charge in [-0.05, 0) is 35.9 Å². The highest BCUT2D eigenvalue weighted by atomic mass is 35.5. The lowest BCUT2D eigenvalue weighted by atomic mass is 10.2. The van der Waals surface area contributed by atoms with E-state index >= 15 is 0 Å². The van der Waals surface area contributed by atoms with Crippen LogP contribution in [0.25, 0.3) is 6.08 Å². The van der Waals surface area contributed by atoms with E-state index in [1.807, 2.05) is 0 Å². The summed E-state index contributed by atoms with van der Waals surface area (Å²) in [5.74, 6) is 0. The molecule has 0 aromatic heterocycles. The van der Waals surface area contributed by atoms with Crippen molar-refractivity contribution in [2.24, 2.45) is 5.14 Å². The molecule has 2 aromatic carbocycles. The average Bonchev–Trinajstić information content (AvgIpc) is 2.45. The highest BCUT2D eigenvalue weighted by Gasteiger charge is 2.11. The van der Waals surface area contributed by atoms with E-state index < -0.39 is 20.0 Å². The molecule has 2 rings (SSSR count). The number of hydrogen-bond acceptors (Lipinski definition) is 4. The number of nitrogens with two attached hydrogens (primary N) is 1. The summed E-state index contributed by atoms with van der Waals surface area (Å²) in [7, 11) is -7.75. The van der Waals surface area contributed by atoms with E-state index in [2.05, 4.69) is 4.72 Å². The second kappa shape index (κ2) is 6.71. The molecule has 0 saturated heterocycles. The van der Waals surface area contributed by atoms with Crippen LogP contribution < -0.4 is 9.86 Å². The van der Waals surface area contributed by atoms with Crippen LogP contribution in [0.2, 0.25) is 5.02 Å². The van der Waals surface area contributed by atoms with Crippen LogP contribution in [-0.2, 0) is 20.0 Å². The molecule has 0 amide bonds. The fourth-order valence-electron chi connectivity index (χ4n) is 1.71. The summed E-state index contributed by atoms with van der Waals surface area (Å²) in [6.45, 7) is 0. The van der Waals surface area contributed by atoms with Crippen molar-refractivity contribution in [3.05, 3.63) is 64.5 Å². The maximum Gasteiger partial charge on any atom is 0.255 e. The molecule has 0 aliphatic heterocycles. The van der Waals surface area contributed by atoms with Gasteiger partial charge in [0.25, 0.3) is 10.0 Å². The van der Waals surface area contributed by atoms with Crippen molar-refractivity contribution in [1.82, 2.24) is 0 Å². The lowest BCUT2D eigenvalue weighted by Gasteiger charge is -2.06. The predicted molar refractivity (Wildman–Crippen MR) is 90.8 cm³/mol. The minimum Gasteiger partial charge on any atom is -0.280 e. The second-order valence-corrected chi connectivity index (χ2v) is 8.08. The lowest BCUT2D eigenvalue weighted by molar-refractivity contribution is 0.597. The van der Waals surface area contributed by atoms with Gasteiger partial charge < -0.3 is 0 Å². The largest absolute Gasteiger partial charge is 0.280 e. The third-order valence-electron chi connectivity index (χ3n) is 2.75. The first-order valence-electron chi connectivity index (χ1n) is 6.26. The summed E-state index contributed by atoms with van der Waals surface area (Å²) in [6, 6.07) is 12.0. The van der Waals surface area contributed by atoms with Crippen LogP contribution in [0.3, 0.4) is 0 Å².